The van der Waals surface area contributed by atoms with Crippen molar-refractivity contribution in [1.29, 1.82) is 0 Å². The average molecular weight is 257 g/mol. The van der Waals surface area contributed by atoms with E-state index in [1.54, 1.807) is 6.20 Å². The fourth-order valence-electron chi connectivity index (χ4n) is 0.650. The Morgan fingerprint density at radius 1 is 1.41 bits per heavy atom. The van der Waals surface area contributed by atoms with Crippen molar-refractivity contribution < 1.29 is 0 Å². The third-order valence-corrected chi connectivity index (χ3v) is 2.79. The SMILES string of the molecule is C#CC(C)(C)NC=C.CC.CCSCC(C)C. The van der Waals surface area contributed by atoms with Crippen molar-refractivity contribution in [2.24, 2.45) is 5.92 Å². The zero-order chi connectivity index (χ0) is 14.3. The van der Waals surface area contributed by atoms with Gasteiger partial charge in [0.05, 0.1) is 5.54 Å². The summed E-state index contributed by atoms with van der Waals surface area (Å²) in [6.07, 6.45) is 6.73. The average Bonchev–Trinajstić information content (AvgIpc) is 2.30. The first-order valence-electron chi connectivity index (χ1n) is 6.33. The highest BCUT2D eigenvalue weighted by molar-refractivity contribution is 7.99. The van der Waals surface area contributed by atoms with Gasteiger partial charge in [-0.25, -0.2) is 0 Å². The van der Waals surface area contributed by atoms with Crippen LogP contribution in [-0.4, -0.2) is 17.0 Å². The van der Waals surface area contributed by atoms with E-state index in [0.29, 0.717) is 0 Å². The van der Waals surface area contributed by atoms with Crippen LogP contribution < -0.4 is 5.32 Å². The van der Waals surface area contributed by atoms with Crippen LogP contribution in [0.1, 0.15) is 48.5 Å². The van der Waals surface area contributed by atoms with Gasteiger partial charge in [-0.2, -0.15) is 11.8 Å². The Labute approximate surface area is 114 Å². The lowest BCUT2D eigenvalue weighted by molar-refractivity contribution is 0.576. The highest BCUT2D eigenvalue weighted by Crippen LogP contribution is 2.05. The second-order valence-electron chi connectivity index (χ2n) is 4.17. The van der Waals surface area contributed by atoms with Gasteiger partial charge in [0, 0.05) is 0 Å². The van der Waals surface area contributed by atoms with Gasteiger partial charge in [-0.05, 0) is 37.5 Å². The van der Waals surface area contributed by atoms with Crippen LogP contribution in [0.3, 0.4) is 0 Å². The Morgan fingerprint density at radius 2 is 1.88 bits per heavy atom. The van der Waals surface area contributed by atoms with Crippen LogP contribution in [0.2, 0.25) is 0 Å². The zero-order valence-electron chi connectivity index (χ0n) is 12.8. The molecule has 0 saturated heterocycles. The molecule has 0 rings (SSSR count). The monoisotopic (exact) mass is 257 g/mol. The van der Waals surface area contributed by atoms with E-state index < -0.39 is 0 Å². The van der Waals surface area contributed by atoms with Crippen LogP contribution in [0.5, 0.6) is 0 Å². The molecule has 0 fully saturated rings. The van der Waals surface area contributed by atoms with E-state index >= 15 is 0 Å². The van der Waals surface area contributed by atoms with Crippen molar-refractivity contribution in [3.8, 4) is 12.3 Å². The third kappa shape index (κ3) is 25.6. The number of terminal acetylenes is 1. The molecule has 0 bridgehead atoms. The maximum absolute atomic E-state index is 5.13. The number of hydrogen-bond donors (Lipinski definition) is 1. The van der Waals surface area contributed by atoms with Crippen molar-refractivity contribution in [3.05, 3.63) is 12.8 Å². The van der Waals surface area contributed by atoms with Crippen molar-refractivity contribution in [2.75, 3.05) is 11.5 Å². The third-order valence-electron chi connectivity index (χ3n) is 1.48. The summed E-state index contributed by atoms with van der Waals surface area (Å²) >= 11 is 2.02. The predicted molar refractivity (Wildman–Crippen MR) is 85.4 cm³/mol. The number of hydrogen-bond acceptors (Lipinski definition) is 2. The lowest BCUT2D eigenvalue weighted by Crippen LogP contribution is -2.32. The molecule has 1 nitrogen and oxygen atoms in total. The molecule has 0 amide bonds. The molecule has 0 saturated carbocycles. The van der Waals surface area contributed by atoms with Gasteiger partial charge in [-0.3, -0.25) is 0 Å². The van der Waals surface area contributed by atoms with Crippen molar-refractivity contribution in [1.82, 2.24) is 5.32 Å². The van der Waals surface area contributed by atoms with Gasteiger partial charge in [0.15, 0.2) is 0 Å². The highest BCUT2D eigenvalue weighted by atomic mass is 32.2. The van der Waals surface area contributed by atoms with Gasteiger partial charge in [-0.15, -0.1) is 6.42 Å². The summed E-state index contributed by atoms with van der Waals surface area (Å²) in [5, 5.41) is 2.90. The molecule has 0 heterocycles. The quantitative estimate of drug-likeness (QED) is 0.725. The molecule has 0 atom stereocenters. The molecule has 0 spiro atoms. The summed E-state index contributed by atoms with van der Waals surface area (Å²) in [5.41, 5.74) is -0.248. The second-order valence-corrected chi connectivity index (χ2v) is 5.49. The molecule has 0 aromatic rings. The Kier molecular flexibility index (Phi) is 19.7. The number of thioether (sulfide) groups is 1. The molecular formula is C15H31NS. The summed E-state index contributed by atoms with van der Waals surface area (Å²) in [5.74, 6) is 6.00. The minimum atomic E-state index is -0.248. The predicted octanol–water partition coefficient (Wildman–Crippen LogP) is 4.55. The highest BCUT2D eigenvalue weighted by Gasteiger charge is 2.07. The molecule has 17 heavy (non-hydrogen) atoms. The Morgan fingerprint density at radius 3 is 2.00 bits per heavy atom. The van der Waals surface area contributed by atoms with Gasteiger partial charge in [0.1, 0.15) is 0 Å². The van der Waals surface area contributed by atoms with Gasteiger partial charge >= 0.3 is 0 Å². The van der Waals surface area contributed by atoms with E-state index in [-0.39, 0.29) is 5.54 Å². The fourth-order valence-corrected chi connectivity index (χ4v) is 1.36. The van der Waals surface area contributed by atoms with E-state index in [1.165, 1.54) is 11.5 Å². The smallest absolute Gasteiger partial charge is 0.0922 e. The fraction of sp³-hybridized carbons (Fsp3) is 0.733. The first-order chi connectivity index (χ1) is 7.89. The molecule has 0 aliphatic rings. The minimum Gasteiger partial charge on any atom is -0.376 e. The van der Waals surface area contributed by atoms with Gasteiger partial charge < -0.3 is 5.32 Å². The number of nitrogens with one attached hydrogen (secondary N) is 1. The molecule has 2 heteroatoms. The maximum atomic E-state index is 5.13. The molecule has 0 aliphatic carbocycles. The van der Waals surface area contributed by atoms with E-state index in [4.69, 9.17) is 6.42 Å². The Hall–Kier alpha value is -0.550. The topological polar surface area (TPSA) is 12.0 Å². The van der Waals surface area contributed by atoms with E-state index in [2.05, 4.69) is 38.6 Å². The minimum absolute atomic E-state index is 0.248. The lowest BCUT2D eigenvalue weighted by Gasteiger charge is -2.16. The van der Waals surface area contributed by atoms with Crippen LogP contribution in [0.15, 0.2) is 12.8 Å². The van der Waals surface area contributed by atoms with Crippen LogP contribution in [0.25, 0.3) is 0 Å². The molecule has 0 aromatic carbocycles. The van der Waals surface area contributed by atoms with Crippen molar-refractivity contribution in [3.63, 3.8) is 0 Å². The largest absolute Gasteiger partial charge is 0.376 e. The summed E-state index contributed by atoms with van der Waals surface area (Å²) in [6, 6.07) is 0. The van der Waals surface area contributed by atoms with E-state index in [1.807, 2.05) is 39.5 Å². The summed E-state index contributed by atoms with van der Waals surface area (Å²) in [7, 11) is 0. The van der Waals surface area contributed by atoms with Crippen LogP contribution in [0.4, 0.5) is 0 Å². The molecule has 102 valence electrons. The van der Waals surface area contributed by atoms with Crippen LogP contribution >= 0.6 is 11.8 Å². The molecular weight excluding hydrogens is 226 g/mol. The molecule has 0 radical (unpaired) electrons. The van der Waals surface area contributed by atoms with E-state index in [9.17, 15) is 0 Å². The first-order valence-corrected chi connectivity index (χ1v) is 7.49. The summed E-state index contributed by atoms with van der Waals surface area (Å²) < 4.78 is 0. The van der Waals surface area contributed by atoms with E-state index in [0.717, 1.165) is 5.92 Å². The molecule has 0 aliphatic heterocycles. The lowest BCUT2D eigenvalue weighted by atomic mass is 10.1. The van der Waals surface area contributed by atoms with Gasteiger partial charge in [0.25, 0.3) is 0 Å². The van der Waals surface area contributed by atoms with Crippen LogP contribution in [-0.2, 0) is 0 Å². The summed E-state index contributed by atoms with van der Waals surface area (Å²) in [6.45, 7) is 18.0. The first kappa shape index (κ1) is 21.7. The standard InChI is InChI=1S/C7H11N.C6H14S.C2H6/c1-5-7(3,4)8-6-2;1-4-7-5-6(2)3;1-2/h1,6,8H,2H2,3-4H3;6H,4-5H2,1-3H3;1-2H3. The van der Waals surface area contributed by atoms with Crippen LogP contribution in [0, 0.1) is 18.3 Å². The normalized spacial score (nSPS) is 9.12. The molecule has 1 N–H and O–H groups in total. The molecule has 0 aromatic heterocycles. The number of rotatable bonds is 5. The molecule has 0 unspecified atom stereocenters. The van der Waals surface area contributed by atoms with Gasteiger partial charge in [0.2, 0.25) is 0 Å². The Balaban J connectivity index is -0.000000202. The second kappa shape index (κ2) is 15.4. The summed E-state index contributed by atoms with van der Waals surface area (Å²) in [4.78, 5) is 0. The zero-order valence-corrected chi connectivity index (χ0v) is 13.6. The van der Waals surface area contributed by atoms with Gasteiger partial charge in [-0.1, -0.05) is 47.1 Å². The van der Waals surface area contributed by atoms with Crippen molar-refractivity contribution >= 4 is 11.8 Å². The van der Waals surface area contributed by atoms with Crippen molar-refractivity contribution in [2.45, 2.75) is 54.0 Å². The maximum Gasteiger partial charge on any atom is 0.0922 e. The Bertz CT molecular complexity index is 190.